The zero-order valence-corrected chi connectivity index (χ0v) is 23.8. The second-order valence-electron chi connectivity index (χ2n) is 11.9. The highest BCUT2D eigenvalue weighted by Crippen LogP contribution is 2.29. The normalized spacial score (nSPS) is 19.6. The number of likely N-dealkylation sites (tertiary alicyclic amines) is 1. The zero-order valence-electron chi connectivity index (χ0n) is 23.8. The Hall–Kier alpha value is -3.14. The van der Waals surface area contributed by atoms with Crippen LogP contribution in [0.5, 0.6) is 0 Å². The summed E-state index contributed by atoms with van der Waals surface area (Å²) < 4.78 is 5.25. The molecule has 10 nitrogen and oxygen atoms in total. The molecule has 4 N–H and O–H groups in total. The van der Waals surface area contributed by atoms with Crippen molar-refractivity contribution in [2.24, 2.45) is 23.6 Å². The van der Waals surface area contributed by atoms with Gasteiger partial charge in [-0.25, -0.2) is 10.6 Å². The lowest BCUT2D eigenvalue weighted by Crippen LogP contribution is -2.54. The highest BCUT2D eigenvalue weighted by atomic mass is 16.6. The maximum Gasteiger partial charge on any atom is 0.407 e. The highest BCUT2D eigenvalue weighted by Gasteiger charge is 2.39. The van der Waals surface area contributed by atoms with Gasteiger partial charge in [0, 0.05) is 19.6 Å². The number of hydrazine groups is 1. The quantitative estimate of drug-likeness (QED) is 0.249. The minimum absolute atomic E-state index is 0.0417. The van der Waals surface area contributed by atoms with E-state index >= 15 is 0 Å². The third-order valence-corrected chi connectivity index (χ3v) is 7.41. The summed E-state index contributed by atoms with van der Waals surface area (Å²) in [7, 11) is 0. The molecule has 39 heavy (non-hydrogen) atoms. The van der Waals surface area contributed by atoms with Crippen molar-refractivity contribution in [2.75, 3.05) is 19.6 Å². The molecule has 2 aliphatic rings. The number of carbonyl (C=O) groups excluding carboxylic acids is 4. The van der Waals surface area contributed by atoms with E-state index in [0.717, 1.165) is 37.7 Å². The van der Waals surface area contributed by atoms with E-state index in [9.17, 15) is 19.2 Å². The predicted molar refractivity (Wildman–Crippen MR) is 148 cm³/mol. The number of carbonyl (C=O) groups is 4. The van der Waals surface area contributed by atoms with Crippen molar-refractivity contribution in [3.8, 4) is 0 Å². The Labute approximate surface area is 232 Å². The van der Waals surface area contributed by atoms with Crippen LogP contribution in [0.15, 0.2) is 30.3 Å². The number of ether oxygens (including phenoxy) is 1. The van der Waals surface area contributed by atoms with Gasteiger partial charge in [0.05, 0.1) is 18.4 Å². The van der Waals surface area contributed by atoms with Crippen LogP contribution in [0.3, 0.4) is 0 Å². The minimum atomic E-state index is -0.658. The van der Waals surface area contributed by atoms with Crippen molar-refractivity contribution in [1.29, 1.82) is 0 Å². The van der Waals surface area contributed by atoms with Gasteiger partial charge in [0.15, 0.2) is 0 Å². The smallest absolute Gasteiger partial charge is 0.407 e. The molecule has 1 saturated heterocycles. The fourth-order valence-electron chi connectivity index (χ4n) is 5.24. The van der Waals surface area contributed by atoms with Gasteiger partial charge in [-0.2, -0.15) is 0 Å². The molecular weight excluding hydrogens is 498 g/mol. The van der Waals surface area contributed by atoms with E-state index in [4.69, 9.17) is 10.6 Å². The van der Waals surface area contributed by atoms with Gasteiger partial charge in [-0.05, 0) is 51.5 Å². The van der Waals surface area contributed by atoms with Crippen molar-refractivity contribution in [3.05, 3.63) is 35.9 Å². The van der Waals surface area contributed by atoms with Crippen LogP contribution in [-0.4, -0.2) is 65.0 Å². The molecule has 0 bridgehead atoms. The van der Waals surface area contributed by atoms with Crippen molar-refractivity contribution in [3.63, 3.8) is 0 Å². The molecule has 0 aromatic heterocycles. The first-order valence-electron chi connectivity index (χ1n) is 14.1. The van der Waals surface area contributed by atoms with Gasteiger partial charge in [-0.15, -0.1) is 0 Å². The van der Waals surface area contributed by atoms with E-state index in [1.54, 1.807) is 32.6 Å². The predicted octanol–water partition coefficient (Wildman–Crippen LogP) is 2.96. The van der Waals surface area contributed by atoms with Gasteiger partial charge < -0.3 is 20.3 Å². The van der Waals surface area contributed by atoms with Gasteiger partial charge >= 0.3 is 6.09 Å². The van der Waals surface area contributed by atoms with Crippen LogP contribution in [0.1, 0.15) is 71.8 Å². The lowest BCUT2D eigenvalue weighted by Gasteiger charge is -2.33. The molecule has 3 rings (SSSR count). The molecule has 2 fully saturated rings. The zero-order chi connectivity index (χ0) is 28.6. The summed E-state index contributed by atoms with van der Waals surface area (Å²) >= 11 is 0. The number of alkyl carbamates (subject to hydrolysis) is 1. The summed E-state index contributed by atoms with van der Waals surface area (Å²) in [6.07, 6.45) is 4.84. The molecule has 1 aromatic rings. The molecule has 4 amide bonds. The molecule has 0 radical (unpaired) electrons. The van der Waals surface area contributed by atoms with E-state index in [1.807, 2.05) is 30.3 Å². The maximum atomic E-state index is 13.7. The number of hydrogen-bond donors (Lipinski definition) is 3. The lowest BCUT2D eigenvalue weighted by atomic mass is 9.83. The van der Waals surface area contributed by atoms with Crippen molar-refractivity contribution >= 4 is 23.8 Å². The third-order valence-electron chi connectivity index (χ3n) is 7.41. The molecule has 1 aromatic carbocycles. The third kappa shape index (κ3) is 9.23. The Bertz CT molecular complexity index is 990. The Kier molecular flexibility index (Phi) is 10.7. The van der Waals surface area contributed by atoms with Crippen LogP contribution in [0.25, 0.3) is 0 Å². The second-order valence-corrected chi connectivity index (χ2v) is 11.9. The number of hydrogen-bond acceptors (Lipinski definition) is 6. The summed E-state index contributed by atoms with van der Waals surface area (Å²) in [5.74, 6) is 4.59. The molecule has 10 heteroatoms. The Morgan fingerprint density at radius 2 is 1.74 bits per heavy atom. The minimum Gasteiger partial charge on any atom is -0.444 e. The van der Waals surface area contributed by atoms with Crippen molar-refractivity contribution in [2.45, 2.75) is 84.4 Å². The number of nitrogens with two attached hydrogens (primary N) is 1. The Morgan fingerprint density at radius 1 is 1.08 bits per heavy atom. The van der Waals surface area contributed by atoms with Crippen LogP contribution in [0.2, 0.25) is 0 Å². The summed E-state index contributed by atoms with van der Waals surface area (Å²) in [5.41, 5.74) is 0.306. The van der Waals surface area contributed by atoms with Crippen LogP contribution >= 0.6 is 0 Å². The number of nitrogens with one attached hydrogen (secondary N) is 2. The second kappa shape index (κ2) is 13.8. The van der Waals surface area contributed by atoms with E-state index in [1.165, 1.54) is 5.01 Å². The molecule has 216 valence electrons. The fourth-order valence-corrected chi connectivity index (χ4v) is 5.24. The van der Waals surface area contributed by atoms with E-state index in [2.05, 4.69) is 10.6 Å². The molecule has 3 atom stereocenters. The van der Waals surface area contributed by atoms with Gasteiger partial charge in [-0.1, -0.05) is 56.5 Å². The van der Waals surface area contributed by atoms with Gasteiger partial charge in [0.2, 0.25) is 17.7 Å². The molecule has 1 heterocycles. The SMILES string of the molecule is C[C@@H](CNC(=O)OC(C)(C)C)C(=O)N[C@H](C(=O)N1CC[C@H](C(=O)N(N)Cc2ccccc2)C1)C1CCCCC1. The number of nitrogens with zero attached hydrogens (tertiary/aromatic N) is 2. The molecule has 0 spiro atoms. The van der Waals surface area contributed by atoms with E-state index < -0.39 is 23.7 Å². The monoisotopic (exact) mass is 543 g/mol. The number of amides is 4. The maximum absolute atomic E-state index is 13.7. The Balaban J connectivity index is 1.59. The molecule has 0 unspecified atom stereocenters. The number of benzene rings is 1. The fraction of sp³-hybridized carbons (Fsp3) is 0.655. The highest BCUT2D eigenvalue weighted by molar-refractivity contribution is 5.90. The number of rotatable bonds is 9. The summed E-state index contributed by atoms with van der Waals surface area (Å²) in [4.78, 5) is 53.5. The first-order valence-corrected chi connectivity index (χ1v) is 14.1. The standard InChI is InChI=1S/C29H45N5O5/c1-20(17-31-28(38)39-29(2,3)4)25(35)32-24(22-13-9-6-10-14-22)27(37)33-16-15-23(19-33)26(36)34(30)18-21-11-7-5-8-12-21/h5,7-8,11-12,20,22-24H,6,9-10,13-19,30H2,1-4H3,(H,31,38)(H,32,35)/t20-,23-,24-/m0/s1. The van der Waals surface area contributed by atoms with E-state index in [-0.39, 0.29) is 42.6 Å². The summed E-state index contributed by atoms with van der Waals surface area (Å²) in [5, 5.41) is 6.85. The summed E-state index contributed by atoms with van der Waals surface area (Å²) in [6, 6.07) is 8.88. The van der Waals surface area contributed by atoms with Crippen molar-refractivity contribution < 1.29 is 23.9 Å². The van der Waals surface area contributed by atoms with Gasteiger partial charge in [0.1, 0.15) is 11.6 Å². The molecule has 1 aliphatic carbocycles. The van der Waals surface area contributed by atoms with E-state index in [0.29, 0.717) is 19.5 Å². The first kappa shape index (κ1) is 30.4. The topological polar surface area (TPSA) is 134 Å². The largest absolute Gasteiger partial charge is 0.444 e. The molecule has 1 aliphatic heterocycles. The average Bonchev–Trinajstić information content (AvgIpc) is 3.40. The van der Waals surface area contributed by atoms with Crippen LogP contribution < -0.4 is 16.5 Å². The lowest BCUT2D eigenvalue weighted by molar-refractivity contribution is -0.139. The van der Waals surface area contributed by atoms with Crippen molar-refractivity contribution in [1.82, 2.24) is 20.5 Å². The van der Waals surface area contributed by atoms with Crippen LogP contribution in [0, 0.1) is 17.8 Å². The van der Waals surface area contributed by atoms with Crippen LogP contribution in [-0.2, 0) is 25.7 Å². The average molecular weight is 544 g/mol. The van der Waals surface area contributed by atoms with Gasteiger partial charge in [0.25, 0.3) is 0 Å². The van der Waals surface area contributed by atoms with Gasteiger partial charge in [-0.3, -0.25) is 19.4 Å². The first-order chi connectivity index (χ1) is 18.4. The Morgan fingerprint density at radius 3 is 2.38 bits per heavy atom. The molecular formula is C29H45N5O5. The molecule has 1 saturated carbocycles. The summed E-state index contributed by atoms with van der Waals surface area (Å²) in [6.45, 7) is 8.16. The van der Waals surface area contributed by atoms with Crippen LogP contribution in [0.4, 0.5) is 4.79 Å².